The molecule has 1 unspecified atom stereocenters. The van der Waals surface area contributed by atoms with E-state index in [4.69, 9.17) is 18.9 Å². The molecule has 0 saturated heterocycles. The molecule has 14 nitrogen and oxygen atoms in total. The molecule has 0 saturated carbocycles. The first kappa shape index (κ1) is 33.3. The fourth-order valence-corrected chi connectivity index (χ4v) is 5.69. The van der Waals surface area contributed by atoms with Crippen molar-refractivity contribution in [3.05, 3.63) is 81.9 Å². The number of fused-ring (bicyclic) bond motifs is 4. The molecule has 1 amide bonds. The second-order valence-electron chi connectivity index (χ2n) is 10.9. The molecule has 14 heteroatoms. The zero-order chi connectivity index (χ0) is 33.2. The number of alkyl carbamates (subject to hydrolysis) is 1. The predicted octanol–water partition coefficient (Wildman–Crippen LogP) is 5.22. The third-order valence-corrected chi connectivity index (χ3v) is 8.15. The highest BCUT2D eigenvalue weighted by atomic mass is 16.6. The van der Waals surface area contributed by atoms with Crippen LogP contribution in [-0.4, -0.2) is 79.0 Å². The van der Waals surface area contributed by atoms with Crippen molar-refractivity contribution in [2.45, 2.75) is 38.1 Å². The Kier molecular flexibility index (Phi) is 11.0. The van der Waals surface area contributed by atoms with E-state index in [1.165, 1.54) is 12.1 Å². The Labute approximate surface area is 270 Å². The Bertz CT molecular complexity index is 1670. The van der Waals surface area contributed by atoms with Gasteiger partial charge >= 0.3 is 17.7 Å². The van der Waals surface area contributed by atoms with E-state index < -0.39 is 22.5 Å². The molecule has 0 fully saturated rings. The molecule has 0 bridgehead atoms. The Morgan fingerprint density at radius 2 is 1.55 bits per heavy atom. The number of nitro groups is 1. The Balaban J connectivity index is 1.07. The summed E-state index contributed by atoms with van der Waals surface area (Å²) in [6.07, 6.45) is -0.252. The zero-order valence-corrected chi connectivity index (χ0v) is 26.2. The molecular formula is C33H37N5O9. The van der Waals surface area contributed by atoms with Crippen molar-refractivity contribution in [2.24, 2.45) is 0 Å². The average molecular weight is 648 g/mol. The Morgan fingerprint density at radius 1 is 0.894 bits per heavy atom. The van der Waals surface area contributed by atoms with E-state index in [1.54, 1.807) is 13.8 Å². The lowest BCUT2D eigenvalue weighted by molar-refractivity contribution is -0.383. The van der Waals surface area contributed by atoms with Gasteiger partial charge in [0.25, 0.3) is 0 Å². The number of carbonyl (C=O) groups excluding carboxylic acids is 2. The van der Waals surface area contributed by atoms with E-state index >= 15 is 0 Å². The van der Waals surface area contributed by atoms with Crippen LogP contribution < -0.4 is 10.6 Å². The van der Waals surface area contributed by atoms with Crippen molar-refractivity contribution in [2.75, 3.05) is 51.5 Å². The minimum atomic E-state index is -1.32. The molecule has 0 aliphatic heterocycles. The second-order valence-corrected chi connectivity index (χ2v) is 10.9. The summed E-state index contributed by atoms with van der Waals surface area (Å²) in [5.74, 6) is -0.663. The summed E-state index contributed by atoms with van der Waals surface area (Å²) >= 11 is 0. The van der Waals surface area contributed by atoms with Crippen LogP contribution in [0.25, 0.3) is 22.2 Å². The van der Waals surface area contributed by atoms with Gasteiger partial charge in [-0.3, -0.25) is 10.1 Å². The molecule has 47 heavy (non-hydrogen) atoms. The molecule has 1 atom stereocenters. The SMILES string of the molecule is CCOC(=O)C(CC)(CCOCCOCCNc1ccc([N+](=O)[O-])c2nonc12)NC(=O)OCC1c2ccccc2-c2ccccc21. The number of hydrogen-bond acceptors (Lipinski definition) is 12. The van der Waals surface area contributed by atoms with Crippen LogP contribution in [0.3, 0.4) is 0 Å². The van der Waals surface area contributed by atoms with Gasteiger partial charge in [0, 0.05) is 31.6 Å². The summed E-state index contributed by atoms with van der Waals surface area (Å²) in [6, 6.07) is 19.0. The maximum absolute atomic E-state index is 13.1. The van der Waals surface area contributed by atoms with Gasteiger partial charge in [-0.05, 0) is 52.0 Å². The van der Waals surface area contributed by atoms with Crippen LogP contribution in [0.2, 0.25) is 0 Å². The number of nitrogens with zero attached hydrogens (tertiary/aromatic N) is 3. The number of rotatable bonds is 17. The lowest BCUT2D eigenvalue weighted by atomic mass is 9.92. The maximum atomic E-state index is 13.1. The van der Waals surface area contributed by atoms with E-state index in [9.17, 15) is 19.7 Å². The number of esters is 1. The lowest BCUT2D eigenvalue weighted by Crippen LogP contribution is -2.56. The highest BCUT2D eigenvalue weighted by Crippen LogP contribution is 2.44. The van der Waals surface area contributed by atoms with Crippen LogP contribution in [0.5, 0.6) is 0 Å². The molecule has 1 aromatic heterocycles. The van der Waals surface area contributed by atoms with Crippen LogP contribution in [0.15, 0.2) is 65.3 Å². The number of anilines is 1. The van der Waals surface area contributed by atoms with Gasteiger partial charge in [-0.25, -0.2) is 14.2 Å². The Hall–Kier alpha value is -5.08. The molecular weight excluding hydrogens is 610 g/mol. The maximum Gasteiger partial charge on any atom is 0.408 e. The highest BCUT2D eigenvalue weighted by Gasteiger charge is 2.40. The molecule has 1 aliphatic carbocycles. The summed E-state index contributed by atoms with van der Waals surface area (Å²) in [6.45, 7) is 5.20. The lowest BCUT2D eigenvalue weighted by Gasteiger charge is -2.31. The van der Waals surface area contributed by atoms with Crippen molar-refractivity contribution in [1.82, 2.24) is 15.6 Å². The largest absolute Gasteiger partial charge is 0.464 e. The number of aromatic nitrogens is 2. The Morgan fingerprint density at radius 3 is 2.21 bits per heavy atom. The van der Waals surface area contributed by atoms with Gasteiger partial charge in [0.1, 0.15) is 12.1 Å². The van der Waals surface area contributed by atoms with Gasteiger partial charge in [0.05, 0.1) is 37.0 Å². The van der Waals surface area contributed by atoms with Gasteiger partial charge < -0.3 is 29.6 Å². The van der Waals surface area contributed by atoms with E-state index in [2.05, 4.69) is 37.7 Å². The van der Waals surface area contributed by atoms with Crippen LogP contribution in [-0.2, 0) is 23.7 Å². The molecule has 248 valence electrons. The normalized spacial score (nSPS) is 13.4. The quantitative estimate of drug-likeness (QED) is 0.0662. The number of ether oxygens (including phenoxy) is 4. The van der Waals surface area contributed by atoms with E-state index in [-0.39, 0.29) is 68.5 Å². The van der Waals surface area contributed by atoms with E-state index in [0.717, 1.165) is 22.3 Å². The highest BCUT2D eigenvalue weighted by molar-refractivity contribution is 5.93. The number of carbonyl (C=O) groups is 2. The molecule has 2 N–H and O–H groups in total. The van der Waals surface area contributed by atoms with Crippen molar-refractivity contribution < 1.29 is 38.1 Å². The topological polar surface area (TPSA) is 177 Å². The number of nitrogens with one attached hydrogen (secondary N) is 2. The molecule has 3 aromatic carbocycles. The summed E-state index contributed by atoms with van der Waals surface area (Å²) in [7, 11) is 0. The number of benzene rings is 3. The monoisotopic (exact) mass is 647 g/mol. The fourth-order valence-electron chi connectivity index (χ4n) is 5.69. The minimum absolute atomic E-state index is 0.0633. The van der Waals surface area contributed by atoms with Crippen LogP contribution >= 0.6 is 0 Å². The van der Waals surface area contributed by atoms with Crippen LogP contribution in [0.1, 0.15) is 43.7 Å². The molecule has 5 rings (SSSR count). The van der Waals surface area contributed by atoms with Crippen molar-refractivity contribution in [3.8, 4) is 11.1 Å². The predicted molar refractivity (Wildman–Crippen MR) is 171 cm³/mol. The molecule has 4 aromatic rings. The number of amides is 1. The van der Waals surface area contributed by atoms with Crippen molar-refractivity contribution >= 4 is 34.5 Å². The van der Waals surface area contributed by atoms with Gasteiger partial charge in [-0.15, -0.1) is 0 Å². The summed E-state index contributed by atoms with van der Waals surface area (Å²) in [4.78, 5) is 36.8. The molecule has 1 heterocycles. The zero-order valence-electron chi connectivity index (χ0n) is 26.2. The molecule has 0 radical (unpaired) electrons. The first-order valence-electron chi connectivity index (χ1n) is 15.5. The number of hydrogen-bond donors (Lipinski definition) is 2. The minimum Gasteiger partial charge on any atom is -0.464 e. The second kappa shape index (κ2) is 15.5. The van der Waals surface area contributed by atoms with Gasteiger partial charge in [0.15, 0.2) is 5.52 Å². The van der Waals surface area contributed by atoms with E-state index in [1.807, 2.05) is 36.4 Å². The average Bonchev–Trinajstić information content (AvgIpc) is 3.69. The first-order valence-corrected chi connectivity index (χ1v) is 15.5. The van der Waals surface area contributed by atoms with Gasteiger partial charge in [-0.1, -0.05) is 55.5 Å². The number of nitro benzene ring substituents is 1. The smallest absolute Gasteiger partial charge is 0.408 e. The summed E-state index contributed by atoms with van der Waals surface area (Å²) in [5, 5.41) is 24.4. The third-order valence-electron chi connectivity index (χ3n) is 8.15. The summed E-state index contributed by atoms with van der Waals surface area (Å²) in [5.41, 5.74) is 3.78. The van der Waals surface area contributed by atoms with E-state index in [0.29, 0.717) is 18.8 Å². The first-order chi connectivity index (χ1) is 22.9. The standard InChI is InChI=1S/C33H37N5O9/c1-3-33(31(39)45-4-2,35-32(40)46-21-26-24-11-7-5-9-22(24)23-10-6-8-12-25(23)26)15-17-43-19-20-44-18-16-34-27-13-14-28(38(41)42)30-29(27)36-47-37-30/h5-14,26,34H,3-4,15-21H2,1-2H3,(H,35,40). The van der Waals surface area contributed by atoms with Gasteiger partial charge in [0.2, 0.25) is 5.52 Å². The molecule has 0 spiro atoms. The third kappa shape index (κ3) is 7.50. The van der Waals surface area contributed by atoms with Crippen LogP contribution in [0.4, 0.5) is 16.2 Å². The van der Waals surface area contributed by atoms with Crippen LogP contribution in [0, 0.1) is 10.1 Å². The number of non-ortho nitro benzene ring substituents is 1. The molecule has 1 aliphatic rings. The van der Waals surface area contributed by atoms with Crippen molar-refractivity contribution in [3.63, 3.8) is 0 Å². The van der Waals surface area contributed by atoms with Crippen molar-refractivity contribution in [1.29, 1.82) is 0 Å². The summed E-state index contributed by atoms with van der Waals surface area (Å²) < 4.78 is 27.0. The fraction of sp³-hybridized carbons (Fsp3) is 0.394. The van der Waals surface area contributed by atoms with Gasteiger partial charge in [-0.2, -0.15) is 0 Å².